The standard InChI is InChI=1S/C34H48N4O2.C2H6/c1-8-25(4)21-31-33(36-27(6)35-10-3)37(7)19-20-38(34(31)39)30-18-14-15-28(22-30)23-40-24-32(26(5)9-2)29-16-12-11-13-17-29;1-2/h11-18,21-22,26,32H,8-10,19-20,23-24H2,1-7H3,(H,35,36);1-2H3/b25-21-;. The number of nitrogens with zero attached hydrogens (tertiary/aromatic N) is 3. The summed E-state index contributed by atoms with van der Waals surface area (Å²) >= 11 is 0. The van der Waals surface area contributed by atoms with Crippen LogP contribution in [0.4, 0.5) is 5.69 Å². The third kappa shape index (κ3) is 9.87. The first kappa shape index (κ1) is 34.8. The molecule has 3 rings (SSSR count). The van der Waals surface area contributed by atoms with Crippen molar-refractivity contribution in [3.63, 3.8) is 0 Å². The van der Waals surface area contributed by atoms with Crippen LogP contribution >= 0.6 is 0 Å². The molecule has 0 spiro atoms. The molecule has 1 amide bonds. The molecule has 230 valence electrons. The van der Waals surface area contributed by atoms with Gasteiger partial charge in [0.15, 0.2) is 0 Å². The number of aliphatic imine (C=N–C) groups is 1. The fraction of sp³-hybridized carbons (Fsp3) is 0.500. The summed E-state index contributed by atoms with van der Waals surface area (Å²) in [7, 11) is 2.03. The molecule has 0 bridgehead atoms. The molecule has 0 saturated heterocycles. The molecule has 0 fully saturated rings. The van der Waals surface area contributed by atoms with Gasteiger partial charge in [0.2, 0.25) is 0 Å². The lowest BCUT2D eigenvalue weighted by Crippen LogP contribution is -2.34. The maximum atomic E-state index is 14.1. The minimum absolute atomic E-state index is 0.0112. The quantitative estimate of drug-likeness (QED) is 0.207. The average Bonchev–Trinajstić information content (AvgIpc) is 3.12. The first-order valence-electron chi connectivity index (χ1n) is 15.7. The van der Waals surface area contributed by atoms with Crippen LogP contribution in [0.15, 0.2) is 82.6 Å². The van der Waals surface area contributed by atoms with Gasteiger partial charge >= 0.3 is 0 Å². The zero-order valence-electron chi connectivity index (χ0n) is 27.5. The van der Waals surface area contributed by atoms with Gasteiger partial charge in [-0.15, -0.1) is 0 Å². The number of likely N-dealkylation sites (N-methyl/N-ethyl adjacent to an activating group) is 1. The lowest BCUT2D eigenvalue weighted by atomic mass is 9.86. The highest BCUT2D eigenvalue weighted by atomic mass is 16.5. The number of carbonyl (C=O) groups is 1. The number of hydrogen-bond donors (Lipinski definition) is 1. The molecule has 2 aromatic carbocycles. The summed E-state index contributed by atoms with van der Waals surface area (Å²) < 4.78 is 6.29. The number of anilines is 1. The second kappa shape index (κ2) is 18.2. The molecule has 2 aromatic rings. The van der Waals surface area contributed by atoms with E-state index in [0.717, 1.165) is 41.3 Å². The van der Waals surface area contributed by atoms with Crippen LogP contribution in [0.3, 0.4) is 0 Å². The third-order valence-corrected chi connectivity index (χ3v) is 7.76. The summed E-state index contributed by atoms with van der Waals surface area (Å²) in [6.45, 7) is 19.8. The van der Waals surface area contributed by atoms with Crippen molar-refractivity contribution in [3.05, 3.63) is 88.8 Å². The van der Waals surface area contributed by atoms with Gasteiger partial charge in [-0.25, -0.2) is 0 Å². The zero-order valence-corrected chi connectivity index (χ0v) is 27.5. The van der Waals surface area contributed by atoms with Crippen molar-refractivity contribution in [1.29, 1.82) is 0 Å². The smallest absolute Gasteiger partial charge is 0.262 e. The first-order valence-corrected chi connectivity index (χ1v) is 15.7. The molecule has 42 heavy (non-hydrogen) atoms. The molecule has 2 atom stereocenters. The van der Waals surface area contributed by atoms with E-state index in [2.05, 4.69) is 85.4 Å². The Hall–Kier alpha value is -3.38. The summed E-state index contributed by atoms with van der Waals surface area (Å²) in [6.07, 6.45) is 4.00. The topological polar surface area (TPSA) is 57.2 Å². The molecule has 2 unspecified atom stereocenters. The SMILES string of the molecule is CC.CCN=C(C)NC1=C(/C=C(/C)CC)C(=O)N(c2cccc(COCC(c3ccccc3)C(C)CC)c2)CCN1C. The molecule has 1 heterocycles. The van der Waals surface area contributed by atoms with Crippen LogP contribution in [0.5, 0.6) is 0 Å². The molecule has 1 N–H and O–H groups in total. The van der Waals surface area contributed by atoms with Gasteiger partial charge in [0, 0.05) is 38.3 Å². The van der Waals surface area contributed by atoms with Gasteiger partial charge in [0.05, 0.1) is 24.6 Å². The first-order chi connectivity index (χ1) is 20.3. The van der Waals surface area contributed by atoms with E-state index in [-0.39, 0.29) is 5.91 Å². The minimum Gasteiger partial charge on any atom is -0.376 e. The molecule has 1 aliphatic heterocycles. The van der Waals surface area contributed by atoms with Crippen molar-refractivity contribution >= 4 is 17.4 Å². The molecule has 0 aliphatic carbocycles. The van der Waals surface area contributed by atoms with E-state index in [4.69, 9.17) is 4.74 Å². The van der Waals surface area contributed by atoms with Gasteiger partial charge in [-0.1, -0.05) is 89.1 Å². The molecule has 1 aliphatic rings. The molecule has 0 saturated carbocycles. The Morgan fingerprint density at radius 2 is 1.76 bits per heavy atom. The average molecular weight is 575 g/mol. The number of benzene rings is 2. The van der Waals surface area contributed by atoms with Crippen molar-refractivity contribution in [3.8, 4) is 0 Å². The number of rotatable bonds is 12. The van der Waals surface area contributed by atoms with Gasteiger partial charge in [-0.3, -0.25) is 9.79 Å². The number of ether oxygens (including phenoxy) is 1. The second-order valence-corrected chi connectivity index (χ2v) is 10.8. The lowest BCUT2D eigenvalue weighted by Gasteiger charge is -2.24. The summed E-state index contributed by atoms with van der Waals surface area (Å²) in [5.41, 5.74) is 5.09. The van der Waals surface area contributed by atoms with Crippen LogP contribution in [0, 0.1) is 5.92 Å². The number of hydrogen-bond acceptors (Lipinski definition) is 4. The van der Waals surface area contributed by atoms with E-state index in [1.54, 1.807) is 0 Å². The Morgan fingerprint density at radius 3 is 2.40 bits per heavy atom. The molecular formula is C36H54N4O2. The van der Waals surface area contributed by atoms with Gasteiger partial charge in [0.1, 0.15) is 5.82 Å². The number of amides is 1. The van der Waals surface area contributed by atoms with Gasteiger partial charge in [-0.05, 0) is 62.4 Å². The second-order valence-electron chi connectivity index (χ2n) is 10.8. The van der Waals surface area contributed by atoms with Crippen molar-refractivity contribution in [2.75, 3.05) is 38.2 Å². The van der Waals surface area contributed by atoms with Crippen molar-refractivity contribution in [2.24, 2.45) is 10.9 Å². The summed E-state index contributed by atoms with van der Waals surface area (Å²) in [5.74, 6) is 2.47. The summed E-state index contributed by atoms with van der Waals surface area (Å²) in [5, 5.41) is 3.41. The van der Waals surface area contributed by atoms with Crippen LogP contribution < -0.4 is 10.2 Å². The Bertz CT molecular complexity index is 1200. The normalized spacial score (nSPS) is 16.1. The maximum absolute atomic E-state index is 14.1. The van der Waals surface area contributed by atoms with E-state index < -0.39 is 0 Å². The molecule has 0 aromatic heterocycles. The van der Waals surface area contributed by atoms with E-state index >= 15 is 0 Å². The fourth-order valence-corrected chi connectivity index (χ4v) is 4.94. The van der Waals surface area contributed by atoms with Crippen molar-refractivity contribution < 1.29 is 9.53 Å². The zero-order chi connectivity index (χ0) is 31.1. The van der Waals surface area contributed by atoms with Gasteiger partial charge in [0.25, 0.3) is 5.91 Å². The maximum Gasteiger partial charge on any atom is 0.262 e. The largest absolute Gasteiger partial charge is 0.376 e. The Kier molecular flexibility index (Phi) is 15.1. The van der Waals surface area contributed by atoms with Crippen LogP contribution in [-0.4, -0.2) is 49.9 Å². The highest BCUT2D eigenvalue weighted by Crippen LogP contribution is 2.28. The summed E-state index contributed by atoms with van der Waals surface area (Å²) in [6, 6.07) is 18.9. The highest BCUT2D eigenvalue weighted by molar-refractivity contribution is 6.08. The van der Waals surface area contributed by atoms with Crippen molar-refractivity contribution in [2.45, 2.75) is 80.8 Å². The predicted octanol–water partition coefficient (Wildman–Crippen LogP) is 7.93. The number of carbonyl (C=O) groups excluding carboxylic acids is 1. The third-order valence-electron chi connectivity index (χ3n) is 7.76. The lowest BCUT2D eigenvalue weighted by molar-refractivity contribution is -0.114. The van der Waals surface area contributed by atoms with E-state index in [9.17, 15) is 4.79 Å². The van der Waals surface area contributed by atoms with E-state index in [0.29, 0.717) is 50.3 Å². The molecule has 0 radical (unpaired) electrons. The van der Waals surface area contributed by atoms with Gasteiger partial charge in [-0.2, -0.15) is 0 Å². The van der Waals surface area contributed by atoms with Crippen LogP contribution in [0.25, 0.3) is 0 Å². The van der Waals surface area contributed by atoms with Crippen molar-refractivity contribution in [1.82, 2.24) is 10.2 Å². The Morgan fingerprint density at radius 1 is 1.05 bits per heavy atom. The van der Waals surface area contributed by atoms with Crippen LogP contribution in [-0.2, 0) is 16.1 Å². The molecule has 6 heteroatoms. The monoisotopic (exact) mass is 574 g/mol. The minimum atomic E-state index is -0.0112. The Labute approximate surface area is 255 Å². The fourth-order valence-electron chi connectivity index (χ4n) is 4.94. The number of allylic oxidation sites excluding steroid dienone is 1. The molecule has 6 nitrogen and oxygen atoms in total. The number of amidine groups is 1. The predicted molar refractivity (Wildman–Crippen MR) is 179 cm³/mol. The van der Waals surface area contributed by atoms with Gasteiger partial charge < -0.3 is 19.9 Å². The highest BCUT2D eigenvalue weighted by Gasteiger charge is 2.28. The van der Waals surface area contributed by atoms with E-state index in [1.807, 2.05) is 57.9 Å². The summed E-state index contributed by atoms with van der Waals surface area (Å²) in [4.78, 5) is 22.6. The molecular weight excluding hydrogens is 520 g/mol. The Balaban J connectivity index is 0.00000301. The van der Waals surface area contributed by atoms with Crippen LogP contribution in [0.2, 0.25) is 0 Å². The van der Waals surface area contributed by atoms with Crippen LogP contribution in [0.1, 0.15) is 85.3 Å². The van der Waals surface area contributed by atoms with E-state index in [1.165, 1.54) is 5.56 Å². The number of nitrogens with one attached hydrogen (secondary N) is 1.